The van der Waals surface area contributed by atoms with Gasteiger partial charge in [-0.3, -0.25) is 0 Å². The summed E-state index contributed by atoms with van der Waals surface area (Å²) in [5, 5.41) is 0. The first-order chi connectivity index (χ1) is 7.34. The molecule has 0 fully saturated rings. The average Bonchev–Trinajstić information content (AvgIpc) is 2.28. The van der Waals surface area contributed by atoms with E-state index in [0.29, 0.717) is 0 Å². The van der Waals surface area contributed by atoms with Gasteiger partial charge in [0, 0.05) is 13.1 Å². The van der Waals surface area contributed by atoms with Crippen molar-refractivity contribution in [2.75, 3.05) is 13.1 Å². The molecule has 1 aromatic carbocycles. The Balaban J connectivity index is 0.00000128. The van der Waals surface area contributed by atoms with Gasteiger partial charge in [-0.05, 0) is 31.2 Å². The zero-order chi connectivity index (χ0) is 10.5. The standard InChI is InChI=1S/C14H17N.H3N/c1-13-6-5-10-15(12-13)11-9-14-7-3-2-4-8-14;/h2-8,10H,9,11-12H2,1H3;1H3. The summed E-state index contributed by atoms with van der Waals surface area (Å²) in [7, 11) is 0. The number of nitrogens with zero attached hydrogens (tertiary/aromatic N) is 1. The maximum absolute atomic E-state index is 2.36. The average molecular weight is 216 g/mol. The molecule has 1 aliphatic heterocycles. The molecular formula is C14H20N2. The highest BCUT2D eigenvalue weighted by molar-refractivity contribution is 5.18. The minimum Gasteiger partial charge on any atom is -0.373 e. The molecule has 2 rings (SSSR count). The first kappa shape index (κ1) is 12.5. The summed E-state index contributed by atoms with van der Waals surface area (Å²) in [5.74, 6) is 0. The first-order valence-corrected chi connectivity index (χ1v) is 5.46. The lowest BCUT2D eigenvalue weighted by Gasteiger charge is -2.23. The molecule has 0 atom stereocenters. The van der Waals surface area contributed by atoms with Gasteiger partial charge in [-0.2, -0.15) is 0 Å². The molecule has 0 aliphatic carbocycles. The van der Waals surface area contributed by atoms with Crippen molar-refractivity contribution in [2.24, 2.45) is 0 Å². The van der Waals surface area contributed by atoms with Gasteiger partial charge in [0.2, 0.25) is 0 Å². The van der Waals surface area contributed by atoms with Crippen molar-refractivity contribution in [3.63, 3.8) is 0 Å². The van der Waals surface area contributed by atoms with E-state index in [4.69, 9.17) is 0 Å². The predicted octanol–water partition coefficient (Wildman–Crippen LogP) is 3.17. The summed E-state index contributed by atoms with van der Waals surface area (Å²) < 4.78 is 0. The molecular weight excluding hydrogens is 196 g/mol. The monoisotopic (exact) mass is 216 g/mol. The van der Waals surface area contributed by atoms with Crippen LogP contribution in [0.15, 0.2) is 54.3 Å². The maximum Gasteiger partial charge on any atom is 0.0383 e. The molecule has 3 N–H and O–H groups in total. The molecule has 0 bridgehead atoms. The topological polar surface area (TPSA) is 38.2 Å². The van der Waals surface area contributed by atoms with Crippen LogP contribution in [0.1, 0.15) is 12.5 Å². The second-order valence-corrected chi connectivity index (χ2v) is 4.06. The Bertz CT molecular complexity index is 366. The Morgan fingerprint density at radius 1 is 1.19 bits per heavy atom. The molecule has 0 unspecified atom stereocenters. The van der Waals surface area contributed by atoms with Crippen molar-refractivity contribution < 1.29 is 0 Å². The van der Waals surface area contributed by atoms with Gasteiger partial charge in [0.25, 0.3) is 0 Å². The van der Waals surface area contributed by atoms with E-state index in [-0.39, 0.29) is 6.15 Å². The third-order valence-corrected chi connectivity index (χ3v) is 2.66. The fraction of sp³-hybridized carbons (Fsp3) is 0.286. The second kappa shape index (κ2) is 6.13. The summed E-state index contributed by atoms with van der Waals surface area (Å²) in [4.78, 5) is 2.36. The molecule has 1 heterocycles. The highest BCUT2D eigenvalue weighted by atomic mass is 15.1. The Morgan fingerprint density at radius 3 is 2.62 bits per heavy atom. The normalized spacial score (nSPS) is 14.3. The number of allylic oxidation sites excluding steroid dienone is 2. The van der Waals surface area contributed by atoms with Gasteiger partial charge in [0.05, 0.1) is 0 Å². The predicted molar refractivity (Wildman–Crippen MR) is 69.6 cm³/mol. The van der Waals surface area contributed by atoms with E-state index in [1.165, 1.54) is 11.1 Å². The van der Waals surface area contributed by atoms with Crippen molar-refractivity contribution in [3.8, 4) is 0 Å². The summed E-state index contributed by atoms with van der Waals surface area (Å²) in [6.07, 6.45) is 7.61. The third kappa shape index (κ3) is 3.55. The van der Waals surface area contributed by atoms with Gasteiger partial charge >= 0.3 is 0 Å². The molecule has 2 heteroatoms. The number of hydrogen-bond acceptors (Lipinski definition) is 2. The lowest BCUT2D eigenvalue weighted by atomic mass is 10.1. The van der Waals surface area contributed by atoms with Crippen molar-refractivity contribution >= 4 is 0 Å². The second-order valence-electron chi connectivity index (χ2n) is 4.06. The van der Waals surface area contributed by atoms with E-state index < -0.39 is 0 Å². The van der Waals surface area contributed by atoms with E-state index in [0.717, 1.165) is 19.5 Å². The number of hydrogen-bond donors (Lipinski definition) is 1. The zero-order valence-electron chi connectivity index (χ0n) is 9.89. The lowest BCUT2D eigenvalue weighted by Crippen LogP contribution is -2.23. The molecule has 1 aliphatic rings. The zero-order valence-corrected chi connectivity index (χ0v) is 9.89. The van der Waals surface area contributed by atoms with Gasteiger partial charge in [-0.25, -0.2) is 0 Å². The number of rotatable bonds is 3. The molecule has 2 nitrogen and oxygen atoms in total. The molecule has 1 aromatic rings. The van der Waals surface area contributed by atoms with Gasteiger partial charge in [0.15, 0.2) is 0 Å². The number of benzene rings is 1. The van der Waals surface area contributed by atoms with Gasteiger partial charge in [0.1, 0.15) is 0 Å². The Kier molecular flexibility index (Phi) is 4.80. The summed E-state index contributed by atoms with van der Waals surface area (Å²) in [6.45, 7) is 4.36. The van der Waals surface area contributed by atoms with Crippen LogP contribution in [-0.4, -0.2) is 18.0 Å². The maximum atomic E-state index is 2.36. The SMILES string of the molecule is CC1=CC=CN(CCc2ccccc2)C1.N. The fourth-order valence-corrected chi connectivity index (χ4v) is 1.83. The lowest BCUT2D eigenvalue weighted by molar-refractivity contribution is 0.406. The Hall–Kier alpha value is -1.54. The van der Waals surface area contributed by atoms with Crippen LogP contribution in [0, 0.1) is 0 Å². The van der Waals surface area contributed by atoms with Crippen LogP contribution in [0.4, 0.5) is 0 Å². The van der Waals surface area contributed by atoms with Crippen LogP contribution in [0.5, 0.6) is 0 Å². The van der Waals surface area contributed by atoms with Crippen molar-refractivity contribution in [2.45, 2.75) is 13.3 Å². The van der Waals surface area contributed by atoms with E-state index in [2.05, 4.69) is 60.5 Å². The highest BCUT2D eigenvalue weighted by Gasteiger charge is 2.03. The summed E-state index contributed by atoms with van der Waals surface area (Å²) in [6, 6.07) is 10.7. The van der Waals surface area contributed by atoms with Crippen LogP contribution in [0.2, 0.25) is 0 Å². The van der Waals surface area contributed by atoms with E-state index in [1.54, 1.807) is 0 Å². The van der Waals surface area contributed by atoms with Gasteiger partial charge < -0.3 is 11.1 Å². The molecule has 0 spiro atoms. The highest BCUT2D eigenvalue weighted by Crippen LogP contribution is 2.08. The molecule has 0 aromatic heterocycles. The molecule has 0 radical (unpaired) electrons. The third-order valence-electron chi connectivity index (χ3n) is 2.66. The molecule has 0 saturated carbocycles. The minimum absolute atomic E-state index is 0. The van der Waals surface area contributed by atoms with Crippen molar-refractivity contribution in [3.05, 3.63) is 59.8 Å². The van der Waals surface area contributed by atoms with Crippen LogP contribution in [0.3, 0.4) is 0 Å². The van der Waals surface area contributed by atoms with Crippen molar-refractivity contribution in [1.29, 1.82) is 0 Å². The fourth-order valence-electron chi connectivity index (χ4n) is 1.83. The smallest absolute Gasteiger partial charge is 0.0383 e. The van der Waals surface area contributed by atoms with Gasteiger partial charge in [-0.1, -0.05) is 42.0 Å². The van der Waals surface area contributed by atoms with Crippen LogP contribution in [-0.2, 0) is 6.42 Å². The van der Waals surface area contributed by atoms with Crippen LogP contribution in [0.25, 0.3) is 0 Å². The van der Waals surface area contributed by atoms with Crippen molar-refractivity contribution in [1.82, 2.24) is 11.1 Å². The summed E-state index contributed by atoms with van der Waals surface area (Å²) in [5.41, 5.74) is 2.85. The van der Waals surface area contributed by atoms with Gasteiger partial charge in [-0.15, -0.1) is 0 Å². The quantitative estimate of drug-likeness (QED) is 0.842. The van der Waals surface area contributed by atoms with E-state index in [9.17, 15) is 0 Å². The Labute approximate surface area is 97.9 Å². The first-order valence-electron chi connectivity index (χ1n) is 5.46. The Morgan fingerprint density at radius 2 is 1.94 bits per heavy atom. The summed E-state index contributed by atoms with van der Waals surface area (Å²) >= 11 is 0. The molecule has 0 saturated heterocycles. The largest absolute Gasteiger partial charge is 0.373 e. The molecule has 86 valence electrons. The minimum atomic E-state index is 0. The van der Waals surface area contributed by atoms with E-state index in [1.807, 2.05) is 0 Å². The van der Waals surface area contributed by atoms with E-state index >= 15 is 0 Å². The molecule has 0 amide bonds. The molecule has 16 heavy (non-hydrogen) atoms. The van der Waals surface area contributed by atoms with Crippen LogP contribution < -0.4 is 6.15 Å². The van der Waals surface area contributed by atoms with Crippen LogP contribution >= 0.6 is 0 Å².